The Morgan fingerprint density at radius 1 is 1.33 bits per heavy atom. The van der Waals surface area contributed by atoms with Crippen molar-refractivity contribution in [2.75, 3.05) is 6.54 Å². The molecule has 2 aromatic rings. The first kappa shape index (κ1) is 13.1. The Morgan fingerprint density at radius 2 is 2.06 bits per heavy atom. The van der Waals surface area contributed by atoms with E-state index in [2.05, 4.69) is 23.9 Å². The predicted molar refractivity (Wildman–Crippen MR) is 73.2 cm³/mol. The summed E-state index contributed by atoms with van der Waals surface area (Å²) in [4.78, 5) is 4.53. The Morgan fingerprint density at radius 3 is 2.67 bits per heavy atom. The molecule has 1 aromatic carbocycles. The van der Waals surface area contributed by atoms with E-state index in [1.165, 1.54) is 0 Å². The molecule has 0 unspecified atom stereocenters. The van der Waals surface area contributed by atoms with Crippen LogP contribution in [0.4, 0.5) is 0 Å². The first-order valence-corrected chi connectivity index (χ1v) is 6.42. The van der Waals surface area contributed by atoms with E-state index in [9.17, 15) is 0 Å². The van der Waals surface area contributed by atoms with Crippen LogP contribution in [-0.2, 0) is 6.42 Å². The van der Waals surface area contributed by atoms with Gasteiger partial charge in [0.25, 0.3) is 0 Å². The van der Waals surface area contributed by atoms with Crippen molar-refractivity contribution in [1.82, 2.24) is 14.8 Å². The highest BCUT2D eigenvalue weighted by Crippen LogP contribution is 2.22. The van der Waals surface area contributed by atoms with Crippen molar-refractivity contribution in [1.29, 1.82) is 0 Å². The highest BCUT2D eigenvalue weighted by atomic mass is 35.5. The number of hydrogen-bond acceptors (Lipinski definition) is 3. The number of nitrogens with two attached hydrogens (primary N) is 1. The molecular formula is C13H17ClN4. The Balaban J connectivity index is 2.52. The van der Waals surface area contributed by atoms with Gasteiger partial charge in [0.15, 0.2) is 5.82 Å². The first-order valence-electron chi connectivity index (χ1n) is 6.04. The first-order chi connectivity index (χ1) is 8.63. The van der Waals surface area contributed by atoms with Gasteiger partial charge >= 0.3 is 0 Å². The monoisotopic (exact) mass is 264 g/mol. The lowest BCUT2D eigenvalue weighted by Gasteiger charge is -2.06. The number of para-hydroxylation sites is 1. The highest BCUT2D eigenvalue weighted by Gasteiger charge is 2.14. The average molecular weight is 265 g/mol. The SMILES string of the molecule is CC(C)c1nc(CCN)n(-c2ccccc2Cl)n1. The van der Waals surface area contributed by atoms with Crippen LogP contribution in [0, 0.1) is 0 Å². The molecule has 1 aromatic heterocycles. The number of nitrogens with zero attached hydrogens (tertiary/aromatic N) is 3. The van der Waals surface area contributed by atoms with Crippen molar-refractivity contribution < 1.29 is 0 Å². The summed E-state index contributed by atoms with van der Waals surface area (Å²) < 4.78 is 1.80. The number of aromatic nitrogens is 3. The van der Waals surface area contributed by atoms with Gasteiger partial charge in [-0.05, 0) is 18.7 Å². The Labute approximate surface area is 112 Å². The third kappa shape index (κ3) is 2.54. The van der Waals surface area contributed by atoms with E-state index < -0.39 is 0 Å². The molecule has 0 aliphatic carbocycles. The van der Waals surface area contributed by atoms with Crippen LogP contribution in [0.25, 0.3) is 5.69 Å². The second-order valence-electron chi connectivity index (χ2n) is 4.44. The second kappa shape index (κ2) is 5.50. The van der Waals surface area contributed by atoms with E-state index in [1.807, 2.05) is 24.3 Å². The summed E-state index contributed by atoms with van der Waals surface area (Å²) in [5, 5.41) is 5.19. The molecule has 0 amide bonds. The smallest absolute Gasteiger partial charge is 0.153 e. The molecule has 0 fully saturated rings. The number of halogens is 1. The molecule has 0 saturated heterocycles. The molecular weight excluding hydrogens is 248 g/mol. The molecule has 0 aliphatic heterocycles. The van der Waals surface area contributed by atoms with E-state index in [0.29, 0.717) is 18.0 Å². The lowest BCUT2D eigenvalue weighted by atomic mass is 10.2. The number of hydrogen-bond donors (Lipinski definition) is 1. The van der Waals surface area contributed by atoms with Gasteiger partial charge in [0.2, 0.25) is 0 Å². The minimum absolute atomic E-state index is 0.283. The van der Waals surface area contributed by atoms with Crippen LogP contribution in [0.5, 0.6) is 0 Å². The van der Waals surface area contributed by atoms with Gasteiger partial charge in [0.1, 0.15) is 5.82 Å². The Bertz CT molecular complexity index is 534. The molecule has 2 N–H and O–H groups in total. The summed E-state index contributed by atoms with van der Waals surface area (Å²) >= 11 is 6.20. The van der Waals surface area contributed by atoms with Crippen LogP contribution in [0.3, 0.4) is 0 Å². The van der Waals surface area contributed by atoms with Crippen molar-refractivity contribution >= 4 is 11.6 Å². The lowest BCUT2D eigenvalue weighted by Crippen LogP contribution is -2.10. The zero-order valence-electron chi connectivity index (χ0n) is 10.6. The van der Waals surface area contributed by atoms with Gasteiger partial charge in [0.05, 0.1) is 10.7 Å². The molecule has 1 heterocycles. The summed E-state index contributed by atoms with van der Waals surface area (Å²) in [5.74, 6) is 1.96. The third-order valence-electron chi connectivity index (χ3n) is 2.66. The molecule has 2 rings (SSSR count). The Hall–Kier alpha value is -1.39. The molecule has 0 radical (unpaired) electrons. The molecule has 0 bridgehead atoms. The maximum Gasteiger partial charge on any atom is 0.153 e. The van der Waals surface area contributed by atoms with Crippen LogP contribution in [0.15, 0.2) is 24.3 Å². The number of benzene rings is 1. The summed E-state index contributed by atoms with van der Waals surface area (Å²) in [6, 6.07) is 7.61. The maximum absolute atomic E-state index is 6.20. The zero-order chi connectivity index (χ0) is 13.1. The van der Waals surface area contributed by atoms with Crippen LogP contribution < -0.4 is 5.73 Å². The predicted octanol–water partition coefficient (Wildman–Crippen LogP) is 2.55. The molecule has 18 heavy (non-hydrogen) atoms. The van der Waals surface area contributed by atoms with Crippen molar-refractivity contribution in [2.45, 2.75) is 26.2 Å². The van der Waals surface area contributed by atoms with E-state index in [4.69, 9.17) is 17.3 Å². The molecule has 4 nitrogen and oxygen atoms in total. The summed E-state index contributed by atoms with van der Waals surface area (Å²) in [7, 11) is 0. The third-order valence-corrected chi connectivity index (χ3v) is 2.98. The summed E-state index contributed by atoms with van der Waals surface area (Å²) in [6.45, 7) is 4.68. The quantitative estimate of drug-likeness (QED) is 0.923. The van der Waals surface area contributed by atoms with Gasteiger partial charge in [-0.3, -0.25) is 0 Å². The van der Waals surface area contributed by atoms with E-state index >= 15 is 0 Å². The van der Waals surface area contributed by atoms with Crippen LogP contribution in [-0.4, -0.2) is 21.3 Å². The molecule has 96 valence electrons. The van der Waals surface area contributed by atoms with Crippen LogP contribution in [0.2, 0.25) is 5.02 Å². The molecule has 5 heteroatoms. The van der Waals surface area contributed by atoms with Gasteiger partial charge in [-0.1, -0.05) is 37.6 Å². The molecule has 0 aliphatic rings. The average Bonchev–Trinajstić information content (AvgIpc) is 2.74. The molecule has 0 spiro atoms. The standard InChI is InChI=1S/C13H17ClN4/c1-9(2)13-16-12(7-8-15)18(17-13)11-6-4-3-5-10(11)14/h3-6,9H,7-8,15H2,1-2H3. The van der Waals surface area contributed by atoms with Crippen LogP contribution in [0.1, 0.15) is 31.4 Å². The van der Waals surface area contributed by atoms with Gasteiger partial charge in [-0.25, -0.2) is 9.67 Å². The maximum atomic E-state index is 6.20. The van der Waals surface area contributed by atoms with E-state index in [-0.39, 0.29) is 5.92 Å². The lowest BCUT2D eigenvalue weighted by molar-refractivity contribution is 0.743. The Kier molecular flexibility index (Phi) is 3.99. The van der Waals surface area contributed by atoms with Crippen molar-refractivity contribution in [3.63, 3.8) is 0 Å². The summed E-state index contributed by atoms with van der Waals surface area (Å²) in [6.07, 6.45) is 0.685. The topological polar surface area (TPSA) is 56.7 Å². The number of rotatable bonds is 4. The van der Waals surface area contributed by atoms with Crippen LogP contribution >= 0.6 is 11.6 Å². The van der Waals surface area contributed by atoms with Gasteiger partial charge in [-0.2, -0.15) is 5.10 Å². The zero-order valence-corrected chi connectivity index (χ0v) is 11.4. The van der Waals surface area contributed by atoms with Gasteiger partial charge in [-0.15, -0.1) is 0 Å². The highest BCUT2D eigenvalue weighted by molar-refractivity contribution is 6.32. The second-order valence-corrected chi connectivity index (χ2v) is 4.85. The fourth-order valence-electron chi connectivity index (χ4n) is 1.71. The molecule has 0 saturated carbocycles. The van der Waals surface area contributed by atoms with Crippen molar-refractivity contribution in [3.05, 3.63) is 40.9 Å². The van der Waals surface area contributed by atoms with E-state index in [0.717, 1.165) is 17.3 Å². The summed E-state index contributed by atoms with van der Waals surface area (Å²) in [5.41, 5.74) is 6.47. The minimum atomic E-state index is 0.283. The molecule has 0 atom stereocenters. The van der Waals surface area contributed by atoms with Crippen molar-refractivity contribution in [2.24, 2.45) is 5.73 Å². The van der Waals surface area contributed by atoms with Gasteiger partial charge < -0.3 is 5.73 Å². The van der Waals surface area contributed by atoms with Gasteiger partial charge in [0, 0.05) is 12.3 Å². The fourth-order valence-corrected chi connectivity index (χ4v) is 1.93. The van der Waals surface area contributed by atoms with Crippen molar-refractivity contribution in [3.8, 4) is 5.69 Å². The normalized spacial score (nSPS) is 11.2. The minimum Gasteiger partial charge on any atom is -0.330 e. The fraction of sp³-hybridized carbons (Fsp3) is 0.385. The van der Waals surface area contributed by atoms with E-state index in [1.54, 1.807) is 4.68 Å². The largest absolute Gasteiger partial charge is 0.330 e.